The van der Waals surface area contributed by atoms with Crippen molar-refractivity contribution in [3.8, 4) is 0 Å². The van der Waals surface area contributed by atoms with Crippen molar-refractivity contribution in [3.63, 3.8) is 0 Å². The minimum Gasteiger partial charge on any atom is -0.395 e. The maximum atomic E-state index is 9.23. The smallest absolute Gasteiger partial charge is 0.0558 e. The molecule has 1 N–H and O–H groups in total. The van der Waals surface area contributed by atoms with Crippen molar-refractivity contribution >= 4 is 0 Å². The molecule has 1 atom stereocenters. The van der Waals surface area contributed by atoms with E-state index in [1.165, 1.54) is 5.56 Å². The van der Waals surface area contributed by atoms with Gasteiger partial charge in [0.1, 0.15) is 0 Å². The Morgan fingerprint density at radius 3 is 2.18 bits per heavy atom. The van der Waals surface area contributed by atoms with E-state index >= 15 is 0 Å². The molecule has 0 saturated carbocycles. The summed E-state index contributed by atoms with van der Waals surface area (Å²) in [4.78, 5) is 2.41. The van der Waals surface area contributed by atoms with Gasteiger partial charge in [-0.1, -0.05) is 44.2 Å². The summed E-state index contributed by atoms with van der Waals surface area (Å²) in [5.41, 5.74) is 1.33. The zero-order valence-electron chi connectivity index (χ0n) is 11.3. The first-order valence-electron chi connectivity index (χ1n) is 6.66. The van der Waals surface area contributed by atoms with Crippen LogP contribution in [0.4, 0.5) is 0 Å². The molecular weight excluding hydrogens is 210 g/mol. The van der Waals surface area contributed by atoms with E-state index in [1.54, 1.807) is 0 Å². The molecule has 0 fully saturated rings. The van der Waals surface area contributed by atoms with Gasteiger partial charge in [-0.2, -0.15) is 0 Å². The Kier molecular flexibility index (Phi) is 6.23. The third-order valence-electron chi connectivity index (χ3n) is 3.55. The van der Waals surface area contributed by atoms with Crippen LogP contribution in [0.25, 0.3) is 0 Å². The van der Waals surface area contributed by atoms with E-state index in [0.717, 1.165) is 19.4 Å². The van der Waals surface area contributed by atoms with Gasteiger partial charge in [0.05, 0.1) is 6.61 Å². The van der Waals surface area contributed by atoms with Gasteiger partial charge in [0.15, 0.2) is 0 Å². The normalized spacial score (nSPS) is 13.3. The minimum atomic E-state index is 0.230. The highest BCUT2D eigenvalue weighted by Gasteiger charge is 2.21. The third-order valence-corrected chi connectivity index (χ3v) is 3.55. The van der Waals surface area contributed by atoms with Gasteiger partial charge in [-0.3, -0.25) is 4.90 Å². The molecule has 2 nitrogen and oxygen atoms in total. The van der Waals surface area contributed by atoms with Gasteiger partial charge in [-0.15, -0.1) is 0 Å². The number of aliphatic hydroxyl groups excluding tert-OH is 1. The number of benzene rings is 1. The van der Waals surface area contributed by atoms with Crippen LogP contribution in [0.1, 0.15) is 45.2 Å². The van der Waals surface area contributed by atoms with Gasteiger partial charge in [-0.05, 0) is 25.3 Å². The third kappa shape index (κ3) is 3.83. The lowest BCUT2D eigenvalue weighted by Gasteiger charge is -2.35. The van der Waals surface area contributed by atoms with E-state index in [1.807, 2.05) is 6.07 Å². The van der Waals surface area contributed by atoms with Crippen molar-refractivity contribution in [3.05, 3.63) is 35.9 Å². The standard InChI is InChI=1S/C15H25NO/c1-4-15(5-2)16(11-12-17)13(3)14-9-7-6-8-10-14/h6-10,13,15,17H,4-5,11-12H2,1-3H3. The summed E-state index contributed by atoms with van der Waals surface area (Å²) in [5, 5.41) is 9.23. The molecule has 0 aliphatic heterocycles. The van der Waals surface area contributed by atoms with E-state index in [-0.39, 0.29) is 6.61 Å². The SMILES string of the molecule is CCC(CC)N(CCO)C(C)c1ccccc1. The summed E-state index contributed by atoms with van der Waals surface area (Å²) in [6.07, 6.45) is 2.27. The average molecular weight is 235 g/mol. The summed E-state index contributed by atoms with van der Waals surface area (Å²) < 4.78 is 0. The lowest BCUT2D eigenvalue weighted by Crippen LogP contribution is -2.38. The molecule has 0 aliphatic carbocycles. The zero-order valence-corrected chi connectivity index (χ0v) is 11.3. The Balaban J connectivity index is 2.83. The van der Waals surface area contributed by atoms with E-state index in [0.29, 0.717) is 12.1 Å². The molecule has 0 bridgehead atoms. The van der Waals surface area contributed by atoms with Gasteiger partial charge >= 0.3 is 0 Å². The van der Waals surface area contributed by atoms with Gasteiger partial charge in [-0.25, -0.2) is 0 Å². The zero-order chi connectivity index (χ0) is 12.7. The lowest BCUT2D eigenvalue weighted by molar-refractivity contribution is 0.104. The number of rotatable bonds is 7. The van der Waals surface area contributed by atoms with Gasteiger partial charge in [0, 0.05) is 18.6 Å². The summed E-state index contributed by atoms with van der Waals surface area (Å²) in [5.74, 6) is 0. The average Bonchev–Trinajstić information content (AvgIpc) is 2.39. The molecule has 96 valence electrons. The molecule has 0 aromatic heterocycles. The van der Waals surface area contributed by atoms with Crippen LogP contribution < -0.4 is 0 Å². The molecule has 1 unspecified atom stereocenters. The van der Waals surface area contributed by atoms with Gasteiger partial charge in [0.2, 0.25) is 0 Å². The van der Waals surface area contributed by atoms with Crippen LogP contribution in [0.2, 0.25) is 0 Å². The second-order valence-corrected chi connectivity index (χ2v) is 4.52. The Labute approximate surface area is 105 Å². The van der Waals surface area contributed by atoms with Crippen molar-refractivity contribution in [1.82, 2.24) is 4.90 Å². The number of hydrogen-bond acceptors (Lipinski definition) is 2. The first-order chi connectivity index (χ1) is 8.24. The number of nitrogens with zero attached hydrogens (tertiary/aromatic N) is 1. The van der Waals surface area contributed by atoms with Crippen molar-refractivity contribution in [2.75, 3.05) is 13.2 Å². The quantitative estimate of drug-likeness (QED) is 0.784. The monoisotopic (exact) mass is 235 g/mol. The minimum absolute atomic E-state index is 0.230. The molecule has 2 heteroatoms. The van der Waals surface area contributed by atoms with Crippen LogP contribution in [0.5, 0.6) is 0 Å². The van der Waals surface area contributed by atoms with Crippen LogP contribution in [0, 0.1) is 0 Å². The molecule has 1 aromatic carbocycles. The van der Waals surface area contributed by atoms with Crippen LogP contribution in [-0.2, 0) is 0 Å². The fraction of sp³-hybridized carbons (Fsp3) is 0.600. The Hall–Kier alpha value is -0.860. The molecule has 0 radical (unpaired) electrons. The van der Waals surface area contributed by atoms with Crippen molar-refractivity contribution in [2.45, 2.75) is 45.7 Å². The fourth-order valence-electron chi connectivity index (χ4n) is 2.49. The Morgan fingerprint density at radius 2 is 1.71 bits per heavy atom. The maximum Gasteiger partial charge on any atom is 0.0558 e. The summed E-state index contributed by atoms with van der Waals surface area (Å²) >= 11 is 0. The highest BCUT2D eigenvalue weighted by Crippen LogP contribution is 2.24. The first-order valence-corrected chi connectivity index (χ1v) is 6.66. The Morgan fingerprint density at radius 1 is 1.12 bits per heavy atom. The topological polar surface area (TPSA) is 23.5 Å². The van der Waals surface area contributed by atoms with Gasteiger partial charge < -0.3 is 5.11 Å². The van der Waals surface area contributed by atoms with Crippen molar-refractivity contribution < 1.29 is 5.11 Å². The van der Waals surface area contributed by atoms with E-state index in [9.17, 15) is 5.11 Å². The van der Waals surface area contributed by atoms with E-state index < -0.39 is 0 Å². The second-order valence-electron chi connectivity index (χ2n) is 4.52. The first kappa shape index (κ1) is 14.2. The van der Waals surface area contributed by atoms with Crippen molar-refractivity contribution in [1.29, 1.82) is 0 Å². The molecular formula is C15H25NO. The highest BCUT2D eigenvalue weighted by molar-refractivity contribution is 5.18. The summed E-state index contributed by atoms with van der Waals surface area (Å²) in [6.45, 7) is 7.64. The molecule has 0 spiro atoms. The van der Waals surface area contributed by atoms with Crippen LogP contribution in [0.15, 0.2) is 30.3 Å². The molecule has 17 heavy (non-hydrogen) atoms. The number of aliphatic hydroxyl groups is 1. The molecule has 0 saturated heterocycles. The molecule has 1 rings (SSSR count). The second kappa shape index (κ2) is 7.46. The summed E-state index contributed by atoms with van der Waals surface area (Å²) in [6, 6.07) is 11.5. The molecule has 1 aromatic rings. The van der Waals surface area contributed by atoms with Crippen molar-refractivity contribution in [2.24, 2.45) is 0 Å². The van der Waals surface area contributed by atoms with Crippen LogP contribution in [-0.4, -0.2) is 29.2 Å². The molecule has 0 amide bonds. The predicted octanol–water partition coefficient (Wildman–Crippen LogP) is 3.23. The Bertz CT molecular complexity index is 295. The lowest BCUT2D eigenvalue weighted by atomic mass is 10.0. The molecule has 0 heterocycles. The molecule has 0 aliphatic rings. The fourth-order valence-corrected chi connectivity index (χ4v) is 2.49. The number of hydrogen-bond donors (Lipinski definition) is 1. The van der Waals surface area contributed by atoms with E-state index in [4.69, 9.17) is 0 Å². The predicted molar refractivity (Wildman–Crippen MR) is 73.0 cm³/mol. The van der Waals surface area contributed by atoms with E-state index in [2.05, 4.69) is 49.9 Å². The van der Waals surface area contributed by atoms with Crippen LogP contribution in [0.3, 0.4) is 0 Å². The van der Waals surface area contributed by atoms with Gasteiger partial charge in [0.25, 0.3) is 0 Å². The highest BCUT2D eigenvalue weighted by atomic mass is 16.3. The van der Waals surface area contributed by atoms with Crippen LogP contribution >= 0.6 is 0 Å². The summed E-state index contributed by atoms with van der Waals surface area (Å²) in [7, 11) is 0. The largest absolute Gasteiger partial charge is 0.395 e. The maximum absolute atomic E-state index is 9.23.